The fourth-order valence-electron chi connectivity index (χ4n) is 2.55. The standard InChI is InChI=1S/C15H19FN4O2/c1-2-19-5-7-20(8-6-19)14(21)10-17-15-18-12-9-11(16)3-4-13(12)22-15/h3-4,9H,2,5-8,10H2,1H3,(H,17,18). The van der Waals surface area contributed by atoms with Crippen LogP contribution in [0, 0.1) is 5.82 Å². The van der Waals surface area contributed by atoms with Crippen molar-refractivity contribution in [3.8, 4) is 0 Å². The Hall–Kier alpha value is -2.15. The van der Waals surface area contributed by atoms with Crippen molar-refractivity contribution in [2.45, 2.75) is 6.92 Å². The van der Waals surface area contributed by atoms with Gasteiger partial charge in [0.05, 0.1) is 6.54 Å². The fourth-order valence-corrected chi connectivity index (χ4v) is 2.55. The number of halogens is 1. The van der Waals surface area contributed by atoms with Gasteiger partial charge in [0, 0.05) is 32.2 Å². The van der Waals surface area contributed by atoms with Gasteiger partial charge in [0.1, 0.15) is 11.3 Å². The third-order valence-electron chi connectivity index (χ3n) is 3.91. The van der Waals surface area contributed by atoms with Crippen molar-refractivity contribution in [3.05, 3.63) is 24.0 Å². The highest BCUT2D eigenvalue weighted by Crippen LogP contribution is 2.19. The number of carbonyl (C=O) groups excluding carboxylic acids is 1. The van der Waals surface area contributed by atoms with Gasteiger partial charge in [0.2, 0.25) is 5.91 Å². The minimum atomic E-state index is -0.364. The Balaban J connectivity index is 1.56. The monoisotopic (exact) mass is 306 g/mol. The van der Waals surface area contributed by atoms with Crippen molar-refractivity contribution in [2.24, 2.45) is 0 Å². The predicted molar refractivity (Wildman–Crippen MR) is 81.2 cm³/mol. The van der Waals surface area contributed by atoms with E-state index in [-0.39, 0.29) is 24.3 Å². The summed E-state index contributed by atoms with van der Waals surface area (Å²) in [7, 11) is 0. The maximum Gasteiger partial charge on any atom is 0.296 e. The molecule has 1 fully saturated rings. The number of piperazine rings is 1. The van der Waals surface area contributed by atoms with Gasteiger partial charge in [-0.3, -0.25) is 4.79 Å². The maximum absolute atomic E-state index is 13.1. The Kier molecular flexibility index (Phi) is 4.24. The number of carbonyl (C=O) groups is 1. The molecule has 1 aliphatic heterocycles. The first kappa shape index (κ1) is 14.8. The number of benzene rings is 1. The molecule has 1 N–H and O–H groups in total. The zero-order chi connectivity index (χ0) is 15.5. The Bertz CT molecular complexity index is 665. The summed E-state index contributed by atoms with van der Waals surface area (Å²) < 4.78 is 18.5. The SMILES string of the molecule is CCN1CCN(C(=O)CNc2nc3cc(F)ccc3o2)CC1. The topological polar surface area (TPSA) is 61.6 Å². The number of aromatic nitrogens is 1. The van der Waals surface area contributed by atoms with Crippen LogP contribution >= 0.6 is 0 Å². The normalized spacial score (nSPS) is 16.2. The average Bonchev–Trinajstić information content (AvgIpc) is 2.94. The number of oxazole rings is 1. The molecule has 0 radical (unpaired) electrons. The van der Waals surface area contributed by atoms with E-state index in [1.165, 1.54) is 18.2 Å². The first-order chi connectivity index (χ1) is 10.7. The Labute approximate surface area is 127 Å². The molecule has 1 saturated heterocycles. The van der Waals surface area contributed by atoms with Gasteiger partial charge in [0.25, 0.3) is 6.01 Å². The maximum atomic E-state index is 13.1. The molecule has 22 heavy (non-hydrogen) atoms. The summed E-state index contributed by atoms with van der Waals surface area (Å²) in [6.45, 7) is 6.56. The summed E-state index contributed by atoms with van der Waals surface area (Å²) in [5.41, 5.74) is 0.930. The minimum absolute atomic E-state index is 0.0178. The second kappa shape index (κ2) is 6.31. The molecule has 7 heteroatoms. The van der Waals surface area contributed by atoms with Gasteiger partial charge in [-0.15, -0.1) is 0 Å². The lowest BCUT2D eigenvalue weighted by atomic mass is 10.3. The van der Waals surface area contributed by atoms with Gasteiger partial charge in [-0.05, 0) is 18.7 Å². The van der Waals surface area contributed by atoms with Crippen LogP contribution in [0.15, 0.2) is 22.6 Å². The third kappa shape index (κ3) is 3.19. The molecule has 6 nitrogen and oxygen atoms in total. The van der Waals surface area contributed by atoms with E-state index in [1.807, 2.05) is 4.90 Å². The van der Waals surface area contributed by atoms with E-state index in [0.29, 0.717) is 11.1 Å². The summed E-state index contributed by atoms with van der Waals surface area (Å²) in [4.78, 5) is 20.4. The number of rotatable bonds is 4. The lowest BCUT2D eigenvalue weighted by Gasteiger charge is -2.34. The molecular weight excluding hydrogens is 287 g/mol. The molecule has 2 aromatic rings. The van der Waals surface area contributed by atoms with E-state index in [9.17, 15) is 9.18 Å². The molecule has 1 aromatic heterocycles. The Morgan fingerprint density at radius 3 is 2.86 bits per heavy atom. The highest BCUT2D eigenvalue weighted by molar-refractivity contribution is 5.81. The highest BCUT2D eigenvalue weighted by Gasteiger charge is 2.20. The first-order valence-corrected chi connectivity index (χ1v) is 7.46. The van der Waals surface area contributed by atoms with Gasteiger partial charge in [0.15, 0.2) is 5.58 Å². The average molecular weight is 306 g/mol. The third-order valence-corrected chi connectivity index (χ3v) is 3.91. The van der Waals surface area contributed by atoms with Gasteiger partial charge in [-0.1, -0.05) is 6.92 Å². The van der Waals surface area contributed by atoms with Crippen molar-refractivity contribution in [2.75, 3.05) is 44.6 Å². The molecule has 0 atom stereocenters. The number of amides is 1. The van der Waals surface area contributed by atoms with E-state index in [1.54, 1.807) is 0 Å². The van der Waals surface area contributed by atoms with Gasteiger partial charge in [-0.25, -0.2) is 4.39 Å². The lowest BCUT2D eigenvalue weighted by molar-refractivity contribution is -0.131. The molecule has 0 spiro atoms. The van der Waals surface area contributed by atoms with Gasteiger partial charge >= 0.3 is 0 Å². The molecule has 0 aliphatic carbocycles. The van der Waals surface area contributed by atoms with Crippen LogP contribution in [0.2, 0.25) is 0 Å². The number of hydrogen-bond donors (Lipinski definition) is 1. The highest BCUT2D eigenvalue weighted by atomic mass is 19.1. The molecule has 2 heterocycles. The zero-order valence-corrected chi connectivity index (χ0v) is 12.5. The van der Waals surface area contributed by atoms with Gasteiger partial charge in [-0.2, -0.15) is 4.98 Å². The number of fused-ring (bicyclic) bond motifs is 1. The van der Waals surface area contributed by atoms with E-state index >= 15 is 0 Å². The quantitative estimate of drug-likeness (QED) is 0.928. The van der Waals surface area contributed by atoms with Gasteiger partial charge < -0.3 is 19.5 Å². The number of anilines is 1. The molecule has 3 rings (SSSR count). The molecular formula is C15H19FN4O2. The van der Waals surface area contributed by atoms with E-state index in [2.05, 4.69) is 22.1 Å². The second-order valence-electron chi connectivity index (χ2n) is 5.30. The van der Waals surface area contributed by atoms with Crippen LogP contribution in [0.4, 0.5) is 10.4 Å². The van der Waals surface area contributed by atoms with E-state index in [0.717, 1.165) is 32.7 Å². The predicted octanol–water partition coefficient (Wildman–Crippen LogP) is 1.54. The van der Waals surface area contributed by atoms with Crippen LogP contribution < -0.4 is 5.32 Å². The Morgan fingerprint density at radius 1 is 1.36 bits per heavy atom. The molecule has 1 aliphatic rings. The second-order valence-corrected chi connectivity index (χ2v) is 5.30. The molecule has 118 valence electrons. The fraction of sp³-hybridized carbons (Fsp3) is 0.467. The largest absolute Gasteiger partial charge is 0.424 e. The van der Waals surface area contributed by atoms with Crippen molar-refractivity contribution < 1.29 is 13.6 Å². The number of nitrogens with one attached hydrogen (secondary N) is 1. The van der Waals surface area contributed by atoms with Crippen molar-refractivity contribution in [3.63, 3.8) is 0 Å². The first-order valence-electron chi connectivity index (χ1n) is 7.46. The van der Waals surface area contributed by atoms with Crippen LogP contribution in [0.25, 0.3) is 11.1 Å². The van der Waals surface area contributed by atoms with Crippen LogP contribution in [0.1, 0.15) is 6.92 Å². The molecule has 1 aromatic carbocycles. The molecule has 1 amide bonds. The van der Waals surface area contributed by atoms with Crippen LogP contribution in [0.5, 0.6) is 0 Å². The van der Waals surface area contributed by atoms with Crippen molar-refractivity contribution in [1.29, 1.82) is 0 Å². The van der Waals surface area contributed by atoms with E-state index in [4.69, 9.17) is 4.42 Å². The van der Waals surface area contributed by atoms with Crippen LogP contribution in [-0.4, -0.2) is 60.0 Å². The molecule has 0 bridgehead atoms. The molecule has 0 unspecified atom stereocenters. The van der Waals surface area contributed by atoms with Crippen LogP contribution in [-0.2, 0) is 4.79 Å². The minimum Gasteiger partial charge on any atom is -0.424 e. The van der Waals surface area contributed by atoms with Crippen molar-refractivity contribution in [1.82, 2.24) is 14.8 Å². The summed E-state index contributed by atoms with van der Waals surface area (Å²) in [6.07, 6.45) is 0. The van der Waals surface area contributed by atoms with Crippen LogP contribution in [0.3, 0.4) is 0 Å². The van der Waals surface area contributed by atoms with E-state index < -0.39 is 0 Å². The summed E-state index contributed by atoms with van der Waals surface area (Å²) in [6, 6.07) is 4.38. The number of hydrogen-bond acceptors (Lipinski definition) is 5. The summed E-state index contributed by atoms with van der Waals surface area (Å²) >= 11 is 0. The number of nitrogens with zero attached hydrogens (tertiary/aromatic N) is 3. The Morgan fingerprint density at radius 2 is 2.14 bits per heavy atom. The zero-order valence-electron chi connectivity index (χ0n) is 12.5. The number of likely N-dealkylation sites (N-methyl/N-ethyl adjacent to an activating group) is 1. The van der Waals surface area contributed by atoms with Crippen molar-refractivity contribution >= 4 is 23.0 Å². The smallest absolute Gasteiger partial charge is 0.296 e. The summed E-state index contributed by atoms with van der Waals surface area (Å²) in [5, 5.41) is 2.87. The molecule has 0 saturated carbocycles. The summed E-state index contributed by atoms with van der Waals surface area (Å²) in [5.74, 6) is -0.346. The lowest BCUT2D eigenvalue weighted by Crippen LogP contribution is -2.49.